The quantitative estimate of drug-likeness (QED) is 0.646. The minimum absolute atomic E-state index is 0.0200. The summed E-state index contributed by atoms with van der Waals surface area (Å²) < 4.78 is 43.0. The topological polar surface area (TPSA) is 48.1 Å². The summed E-state index contributed by atoms with van der Waals surface area (Å²) in [6.45, 7) is 0.135. The Morgan fingerprint density at radius 2 is 1.91 bits per heavy atom. The summed E-state index contributed by atoms with van der Waals surface area (Å²) in [6.07, 6.45) is -0.0991. The third-order valence-corrected chi connectivity index (χ3v) is 3.87. The summed E-state index contributed by atoms with van der Waals surface area (Å²) in [5.41, 5.74) is -0.738. The highest BCUT2D eigenvalue weighted by Crippen LogP contribution is 2.57. The zero-order chi connectivity index (χ0) is 15.3. The first-order valence-electron chi connectivity index (χ1n) is 6.63. The van der Waals surface area contributed by atoms with E-state index in [1.54, 1.807) is 18.2 Å². The van der Waals surface area contributed by atoms with Crippen LogP contribution in [0, 0.1) is 11.6 Å². The van der Waals surface area contributed by atoms with Crippen molar-refractivity contribution in [3.63, 3.8) is 0 Å². The van der Waals surface area contributed by atoms with Crippen LogP contribution in [0.4, 0.5) is 8.78 Å². The van der Waals surface area contributed by atoms with Gasteiger partial charge >= 0.3 is 0 Å². The predicted octanol–water partition coefficient (Wildman–Crippen LogP) is 2.86. The van der Waals surface area contributed by atoms with Crippen LogP contribution in [-0.4, -0.2) is 13.1 Å². The maximum absolute atomic E-state index is 14.0. The van der Waals surface area contributed by atoms with Crippen molar-refractivity contribution in [1.29, 1.82) is 0 Å². The van der Waals surface area contributed by atoms with Crippen molar-refractivity contribution in [3.8, 4) is 11.5 Å². The van der Waals surface area contributed by atoms with Gasteiger partial charge in [0.25, 0.3) is 0 Å². The summed E-state index contributed by atoms with van der Waals surface area (Å²) >= 11 is 0. The van der Waals surface area contributed by atoms with Gasteiger partial charge in [-0.05, 0) is 29.8 Å². The number of carbonyl (C=O) groups excluding carboxylic acids is 1. The average Bonchev–Trinajstić information content (AvgIpc) is 3.06. The van der Waals surface area contributed by atoms with Crippen LogP contribution < -0.4 is 9.47 Å². The Balaban J connectivity index is 1.72. The molecule has 1 saturated heterocycles. The van der Waals surface area contributed by atoms with Gasteiger partial charge in [0.15, 0.2) is 23.4 Å². The standard InChI is InChI=1S/C16H10F2O4/c17-10-2-3-11(12(18)6-10)16(7-19)15(22-16)9-1-4-13-14(5-9)21-8-20-13/h1-7,15H,8H2. The van der Waals surface area contributed by atoms with E-state index < -0.39 is 23.3 Å². The number of rotatable bonds is 3. The van der Waals surface area contributed by atoms with Gasteiger partial charge in [0.2, 0.25) is 6.79 Å². The molecule has 2 aliphatic rings. The van der Waals surface area contributed by atoms with Crippen molar-refractivity contribution in [3.05, 3.63) is 59.2 Å². The van der Waals surface area contributed by atoms with E-state index in [0.717, 1.165) is 12.1 Å². The fourth-order valence-electron chi connectivity index (χ4n) is 2.72. The third kappa shape index (κ3) is 1.80. The van der Waals surface area contributed by atoms with E-state index in [1.807, 2.05) is 0 Å². The number of halogens is 2. The summed E-state index contributed by atoms with van der Waals surface area (Å²) in [6, 6.07) is 8.19. The maximum atomic E-state index is 14.0. The van der Waals surface area contributed by atoms with Crippen LogP contribution in [0.3, 0.4) is 0 Å². The zero-order valence-corrected chi connectivity index (χ0v) is 11.2. The van der Waals surface area contributed by atoms with Crippen LogP contribution in [0.1, 0.15) is 17.2 Å². The molecule has 0 spiro atoms. The number of fused-ring (bicyclic) bond motifs is 1. The monoisotopic (exact) mass is 304 g/mol. The lowest BCUT2D eigenvalue weighted by molar-refractivity contribution is -0.112. The van der Waals surface area contributed by atoms with Gasteiger partial charge in [-0.2, -0.15) is 0 Å². The predicted molar refractivity (Wildman–Crippen MR) is 70.5 cm³/mol. The molecule has 2 unspecified atom stereocenters. The molecular formula is C16H10F2O4. The fraction of sp³-hybridized carbons (Fsp3) is 0.188. The summed E-state index contributed by atoms with van der Waals surface area (Å²) in [7, 11) is 0. The molecule has 0 N–H and O–H groups in total. The van der Waals surface area contributed by atoms with Crippen molar-refractivity contribution in [2.24, 2.45) is 0 Å². The molecule has 4 rings (SSSR count). The molecular weight excluding hydrogens is 294 g/mol. The van der Waals surface area contributed by atoms with Gasteiger partial charge in [0.05, 0.1) is 0 Å². The minimum atomic E-state index is -1.43. The number of epoxide rings is 1. The molecule has 2 atom stereocenters. The van der Waals surface area contributed by atoms with E-state index in [9.17, 15) is 13.6 Å². The van der Waals surface area contributed by atoms with Crippen LogP contribution in [0.5, 0.6) is 11.5 Å². The number of ether oxygens (including phenoxy) is 3. The van der Waals surface area contributed by atoms with Crippen LogP contribution >= 0.6 is 0 Å². The molecule has 2 aromatic carbocycles. The highest BCUT2D eigenvalue weighted by Gasteiger charge is 2.60. The molecule has 0 radical (unpaired) electrons. The Morgan fingerprint density at radius 3 is 2.68 bits per heavy atom. The number of aldehydes is 1. The van der Waals surface area contributed by atoms with E-state index in [4.69, 9.17) is 14.2 Å². The molecule has 112 valence electrons. The van der Waals surface area contributed by atoms with Crippen molar-refractivity contribution < 1.29 is 27.8 Å². The largest absolute Gasteiger partial charge is 0.454 e. The molecule has 2 heterocycles. The second-order valence-electron chi connectivity index (χ2n) is 5.15. The van der Waals surface area contributed by atoms with Crippen molar-refractivity contribution in [2.45, 2.75) is 11.7 Å². The Hall–Kier alpha value is -2.47. The molecule has 0 amide bonds. The van der Waals surface area contributed by atoms with Gasteiger partial charge in [-0.15, -0.1) is 0 Å². The van der Waals surface area contributed by atoms with Gasteiger partial charge in [0.1, 0.15) is 17.7 Å². The van der Waals surface area contributed by atoms with E-state index in [2.05, 4.69) is 0 Å². The Bertz CT molecular complexity index is 777. The molecule has 22 heavy (non-hydrogen) atoms. The number of hydrogen-bond acceptors (Lipinski definition) is 4. The lowest BCUT2D eigenvalue weighted by Gasteiger charge is -2.08. The molecule has 2 aromatic rings. The molecule has 2 aliphatic heterocycles. The van der Waals surface area contributed by atoms with Crippen molar-refractivity contribution >= 4 is 6.29 Å². The molecule has 0 saturated carbocycles. The second-order valence-corrected chi connectivity index (χ2v) is 5.15. The molecule has 6 heteroatoms. The lowest BCUT2D eigenvalue weighted by atomic mass is 9.92. The Morgan fingerprint density at radius 1 is 1.09 bits per heavy atom. The van der Waals surface area contributed by atoms with Gasteiger partial charge in [-0.3, -0.25) is 4.79 Å². The van der Waals surface area contributed by atoms with Gasteiger partial charge in [-0.1, -0.05) is 6.07 Å². The van der Waals surface area contributed by atoms with E-state index >= 15 is 0 Å². The second kappa shape index (κ2) is 4.51. The van der Waals surface area contributed by atoms with Gasteiger partial charge in [-0.25, -0.2) is 8.78 Å². The third-order valence-electron chi connectivity index (χ3n) is 3.87. The SMILES string of the molecule is O=CC1(c2ccc(F)cc2F)OC1c1ccc2c(c1)OCO2. The van der Waals surface area contributed by atoms with Gasteiger partial charge < -0.3 is 14.2 Å². The Labute approximate surface area is 124 Å². The molecule has 0 bridgehead atoms. The summed E-state index contributed by atoms with van der Waals surface area (Å²) in [5, 5.41) is 0. The van der Waals surface area contributed by atoms with Crippen LogP contribution in [-0.2, 0) is 15.1 Å². The smallest absolute Gasteiger partial charge is 0.231 e. The van der Waals surface area contributed by atoms with Crippen molar-refractivity contribution in [1.82, 2.24) is 0 Å². The fourth-order valence-corrected chi connectivity index (χ4v) is 2.72. The first-order chi connectivity index (χ1) is 10.6. The maximum Gasteiger partial charge on any atom is 0.231 e. The first-order valence-corrected chi connectivity index (χ1v) is 6.63. The van der Waals surface area contributed by atoms with Crippen LogP contribution in [0.25, 0.3) is 0 Å². The normalized spacial score (nSPS) is 25.1. The molecule has 0 aliphatic carbocycles. The van der Waals surface area contributed by atoms with Crippen LogP contribution in [0.2, 0.25) is 0 Å². The van der Waals surface area contributed by atoms with Crippen LogP contribution in [0.15, 0.2) is 36.4 Å². The Kier molecular flexibility index (Phi) is 2.71. The van der Waals surface area contributed by atoms with Crippen molar-refractivity contribution in [2.75, 3.05) is 6.79 Å². The first kappa shape index (κ1) is 13.2. The number of benzene rings is 2. The molecule has 1 fully saturated rings. The lowest BCUT2D eigenvalue weighted by Crippen LogP contribution is -2.14. The summed E-state index contributed by atoms with van der Waals surface area (Å²) in [5.74, 6) is -0.362. The van der Waals surface area contributed by atoms with E-state index in [-0.39, 0.29) is 12.4 Å². The van der Waals surface area contributed by atoms with E-state index in [0.29, 0.717) is 23.3 Å². The van der Waals surface area contributed by atoms with Gasteiger partial charge in [0, 0.05) is 11.6 Å². The average molecular weight is 304 g/mol. The molecule has 4 nitrogen and oxygen atoms in total. The number of hydrogen-bond donors (Lipinski definition) is 0. The zero-order valence-electron chi connectivity index (χ0n) is 11.2. The minimum Gasteiger partial charge on any atom is -0.454 e. The highest BCUT2D eigenvalue weighted by atomic mass is 19.1. The summed E-state index contributed by atoms with van der Waals surface area (Å²) in [4.78, 5) is 11.5. The molecule has 0 aromatic heterocycles. The number of carbonyl (C=O) groups is 1. The van der Waals surface area contributed by atoms with E-state index in [1.165, 1.54) is 6.07 Å². The highest BCUT2D eigenvalue weighted by molar-refractivity contribution is 5.72.